The van der Waals surface area contributed by atoms with E-state index >= 15 is 0 Å². The summed E-state index contributed by atoms with van der Waals surface area (Å²) in [5.74, 6) is 0.792. The fourth-order valence-electron chi connectivity index (χ4n) is 3.66. The van der Waals surface area contributed by atoms with Crippen LogP contribution in [-0.4, -0.2) is 50.4 Å². The predicted octanol–water partition coefficient (Wildman–Crippen LogP) is 1.45. The highest BCUT2D eigenvalue weighted by Gasteiger charge is 2.16. The van der Waals surface area contributed by atoms with Crippen molar-refractivity contribution < 1.29 is 4.74 Å². The third-order valence-corrected chi connectivity index (χ3v) is 5.37. The molecule has 10 heteroatoms. The number of hydrogen-bond acceptors (Lipinski definition) is 8. The van der Waals surface area contributed by atoms with Crippen LogP contribution in [0.2, 0.25) is 0 Å². The van der Waals surface area contributed by atoms with Gasteiger partial charge in [0, 0.05) is 26.3 Å². The second-order valence-electron chi connectivity index (χ2n) is 7.37. The molecule has 1 aromatic carbocycles. The number of nitrogens with zero attached hydrogens (tertiary/aromatic N) is 6. The van der Waals surface area contributed by atoms with E-state index in [9.17, 15) is 9.59 Å². The smallest absolute Gasteiger partial charge is 0.337 e. The Morgan fingerprint density at radius 1 is 0.938 bits per heavy atom. The van der Waals surface area contributed by atoms with Gasteiger partial charge in [0.05, 0.1) is 30.8 Å². The van der Waals surface area contributed by atoms with Crippen LogP contribution in [0.25, 0.3) is 16.7 Å². The maximum atomic E-state index is 12.9. The lowest BCUT2D eigenvalue weighted by molar-refractivity contribution is 0.122. The Bertz CT molecular complexity index is 1380. The van der Waals surface area contributed by atoms with E-state index in [1.807, 2.05) is 30.3 Å². The van der Waals surface area contributed by atoms with Crippen LogP contribution in [0, 0.1) is 0 Å². The van der Waals surface area contributed by atoms with Crippen molar-refractivity contribution in [3.63, 3.8) is 0 Å². The van der Waals surface area contributed by atoms with Crippen molar-refractivity contribution in [3.05, 3.63) is 75.7 Å². The Hall–Kier alpha value is -4.05. The Kier molecular flexibility index (Phi) is 5.12. The summed E-state index contributed by atoms with van der Waals surface area (Å²) in [4.78, 5) is 40.9. The summed E-state index contributed by atoms with van der Waals surface area (Å²) >= 11 is 0. The van der Waals surface area contributed by atoms with Gasteiger partial charge < -0.3 is 15.0 Å². The molecule has 1 saturated heterocycles. The molecular weight excluding hydrogens is 410 g/mol. The maximum Gasteiger partial charge on any atom is 0.337 e. The third kappa shape index (κ3) is 3.60. The first kappa shape index (κ1) is 19.9. The minimum Gasteiger partial charge on any atom is -0.378 e. The van der Waals surface area contributed by atoms with Gasteiger partial charge in [0.2, 0.25) is 5.95 Å². The molecule has 1 aliphatic heterocycles. The van der Waals surface area contributed by atoms with Gasteiger partial charge in [-0.2, -0.15) is 4.98 Å². The Labute approximate surface area is 182 Å². The van der Waals surface area contributed by atoms with Gasteiger partial charge in [0.1, 0.15) is 11.2 Å². The molecule has 0 aliphatic carbocycles. The van der Waals surface area contributed by atoms with Gasteiger partial charge >= 0.3 is 5.69 Å². The first-order valence-corrected chi connectivity index (χ1v) is 10.2. The van der Waals surface area contributed by atoms with Crippen molar-refractivity contribution in [2.24, 2.45) is 7.05 Å². The highest BCUT2D eigenvalue weighted by molar-refractivity contribution is 5.76. The van der Waals surface area contributed by atoms with Crippen LogP contribution < -0.4 is 21.5 Å². The number of aromatic nitrogens is 5. The molecule has 4 aromatic rings. The molecule has 1 N–H and O–H groups in total. The average Bonchev–Trinajstić information content (AvgIpc) is 2.84. The van der Waals surface area contributed by atoms with Crippen molar-refractivity contribution in [2.45, 2.75) is 0 Å². The Morgan fingerprint density at radius 2 is 1.72 bits per heavy atom. The standard InChI is InChI=1S/C22H21N7O3/c1-27-20(30)17-14-24-21(26-19(17)29(22(27)31)15-5-3-2-4-6-15)25-18-8-7-16(13-23-18)28-9-11-32-12-10-28/h2-8,13-14H,9-12H2,1H3,(H,23,24,25,26). The molecule has 0 radical (unpaired) electrons. The van der Waals surface area contributed by atoms with E-state index in [1.165, 1.54) is 17.8 Å². The molecule has 4 heterocycles. The highest BCUT2D eigenvalue weighted by atomic mass is 16.5. The normalized spacial score (nSPS) is 14.0. The van der Waals surface area contributed by atoms with Gasteiger partial charge in [-0.1, -0.05) is 18.2 Å². The molecule has 5 rings (SSSR count). The zero-order valence-corrected chi connectivity index (χ0v) is 17.4. The van der Waals surface area contributed by atoms with Gasteiger partial charge in [-0.3, -0.25) is 9.36 Å². The molecule has 3 aromatic heterocycles. The molecular formula is C22H21N7O3. The summed E-state index contributed by atoms with van der Waals surface area (Å²) in [5, 5.41) is 3.30. The van der Waals surface area contributed by atoms with Crippen molar-refractivity contribution in [1.29, 1.82) is 0 Å². The number of ether oxygens (including phenoxy) is 1. The molecule has 0 bridgehead atoms. The number of benzene rings is 1. The number of rotatable bonds is 4. The fraction of sp³-hybridized carbons (Fsp3) is 0.227. The van der Waals surface area contributed by atoms with Gasteiger partial charge in [0.15, 0.2) is 5.65 Å². The van der Waals surface area contributed by atoms with Crippen molar-refractivity contribution >= 4 is 28.5 Å². The van der Waals surface area contributed by atoms with E-state index in [0.717, 1.165) is 23.3 Å². The number of nitrogens with one attached hydrogen (secondary N) is 1. The molecule has 0 unspecified atom stereocenters. The fourth-order valence-corrected chi connectivity index (χ4v) is 3.66. The van der Waals surface area contributed by atoms with Crippen molar-refractivity contribution in [1.82, 2.24) is 24.1 Å². The van der Waals surface area contributed by atoms with E-state index in [0.29, 0.717) is 24.7 Å². The zero-order valence-electron chi connectivity index (χ0n) is 17.4. The monoisotopic (exact) mass is 431 g/mol. The van der Waals surface area contributed by atoms with Crippen molar-refractivity contribution in [2.75, 3.05) is 36.5 Å². The molecule has 0 amide bonds. The molecule has 32 heavy (non-hydrogen) atoms. The zero-order chi connectivity index (χ0) is 22.1. The topological polar surface area (TPSA) is 107 Å². The minimum atomic E-state index is -0.480. The molecule has 1 fully saturated rings. The SMILES string of the molecule is Cn1c(=O)c2cnc(Nc3ccc(N4CCOCC4)cn3)nc2n(-c2ccccc2)c1=O. The summed E-state index contributed by atoms with van der Waals surface area (Å²) < 4.78 is 7.84. The largest absolute Gasteiger partial charge is 0.378 e. The lowest BCUT2D eigenvalue weighted by atomic mass is 10.3. The summed E-state index contributed by atoms with van der Waals surface area (Å²) in [7, 11) is 1.44. The summed E-state index contributed by atoms with van der Waals surface area (Å²) in [6.45, 7) is 3.06. The van der Waals surface area contributed by atoms with E-state index in [4.69, 9.17) is 4.74 Å². The van der Waals surface area contributed by atoms with Gasteiger partial charge in [-0.25, -0.2) is 19.3 Å². The average molecular weight is 431 g/mol. The lowest BCUT2D eigenvalue weighted by Gasteiger charge is -2.28. The Balaban J connectivity index is 1.52. The summed E-state index contributed by atoms with van der Waals surface area (Å²) in [6, 6.07) is 12.9. The number of hydrogen-bond donors (Lipinski definition) is 1. The van der Waals surface area contributed by atoms with Gasteiger partial charge in [0.25, 0.3) is 5.56 Å². The van der Waals surface area contributed by atoms with Crippen LogP contribution >= 0.6 is 0 Å². The molecule has 10 nitrogen and oxygen atoms in total. The van der Waals surface area contributed by atoms with Crippen LogP contribution in [0.5, 0.6) is 0 Å². The summed E-state index contributed by atoms with van der Waals surface area (Å²) in [6.07, 6.45) is 3.21. The minimum absolute atomic E-state index is 0.228. The summed E-state index contributed by atoms with van der Waals surface area (Å²) in [5.41, 5.74) is 0.922. The molecule has 0 atom stereocenters. The van der Waals surface area contributed by atoms with Crippen LogP contribution in [-0.2, 0) is 11.8 Å². The number of para-hydroxylation sites is 1. The van der Waals surface area contributed by atoms with Crippen molar-refractivity contribution in [3.8, 4) is 5.69 Å². The number of morpholine rings is 1. The highest BCUT2D eigenvalue weighted by Crippen LogP contribution is 2.19. The van der Waals surface area contributed by atoms with Crippen LogP contribution in [0.1, 0.15) is 0 Å². The molecule has 1 aliphatic rings. The number of fused-ring (bicyclic) bond motifs is 1. The van der Waals surface area contributed by atoms with Crippen LogP contribution in [0.4, 0.5) is 17.5 Å². The van der Waals surface area contributed by atoms with Gasteiger partial charge in [-0.15, -0.1) is 0 Å². The number of anilines is 3. The molecule has 0 saturated carbocycles. The quantitative estimate of drug-likeness (QED) is 0.518. The first-order valence-electron chi connectivity index (χ1n) is 10.2. The van der Waals surface area contributed by atoms with E-state index in [1.54, 1.807) is 18.3 Å². The van der Waals surface area contributed by atoms with Gasteiger partial charge in [-0.05, 0) is 24.3 Å². The lowest BCUT2D eigenvalue weighted by Crippen LogP contribution is -2.38. The molecule has 162 valence electrons. The maximum absolute atomic E-state index is 12.9. The number of pyridine rings is 1. The van der Waals surface area contributed by atoms with Crippen LogP contribution in [0.3, 0.4) is 0 Å². The second-order valence-corrected chi connectivity index (χ2v) is 7.37. The third-order valence-electron chi connectivity index (χ3n) is 5.37. The van der Waals surface area contributed by atoms with E-state index in [2.05, 4.69) is 25.2 Å². The second kappa shape index (κ2) is 8.23. The van der Waals surface area contributed by atoms with E-state index in [-0.39, 0.29) is 17.0 Å². The Morgan fingerprint density at radius 3 is 2.44 bits per heavy atom. The van der Waals surface area contributed by atoms with Crippen LogP contribution in [0.15, 0.2) is 64.4 Å². The van der Waals surface area contributed by atoms with E-state index < -0.39 is 11.2 Å². The molecule has 0 spiro atoms. The predicted molar refractivity (Wildman–Crippen MR) is 121 cm³/mol. The first-order chi connectivity index (χ1) is 15.6.